The Morgan fingerprint density at radius 2 is 1.70 bits per heavy atom. The molecule has 5 atom stereocenters. The largest absolute Gasteiger partial charge is 0.443 e. The molecule has 0 aliphatic carbocycles. The minimum absolute atomic E-state index is 0.0200. The first kappa shape index (κ1) is 29.4. The number of benzene rings is 1. The Morgan fingerprint density at radius 1 is 1.05 bits per heavy atom. The molecule has 1 saturated heterocycles. The molecule has 1 aliphatic rings. The lowest BCUT2D eigenvalue weighted by Crippen LogP contribution is -2.43. The third kappa shape index (κ3) is 5.79. The molecule has 1 fully saturated rings. The number of nitrogens with zero attached hydrogens (tertiary/aromatic N) is 2. The van der Waals surface area contributed by atoms with Crippen molar-refractivity contribution in [1.82, 2.24) is 9.13 Å². The second-order valence-electron chi connectivity index (χ2n) is 7.90. The number of hydrogen-bond donors (Lipinski definition) is 5. The quantitative estimate of drug-likeness (QED) is 0.200. The molecule has 3 rings (SSSR count). The Bertz CT molecular complexity index is 1380. The summed E-state index contributed by atoms with van der Waals surface area (Å²) in [6.07, 6.45) is -6.94. The molecule has 13 nitrogen and oxygen atoms in total. The molecular weight excluding hydrogens is 558 g/mol. The zero-order chi connectivity index (χ0) is 27.9. The van der Waals surface area contributed by atoms with Gasteiger partial charge in [0.25, 0.3) is 5.56 Å². The maximum atomic E-state index is 13.9. The molecule has 0 saturated carbocycles. The average molecular weight is 578 g/mol. The highest BCUT2D eigenvalue weighted by Crippen LogP contribution is 2.73. The van der Waals surface area contributed by atoms with E-state index in [1.165, 1.54) is 0 Å². The average Bonchev–Trinajstić information content (AvgIpc) is 3.06. The van der Waals surface area contributed by atoms with E-state index in [1.807, 2.05) is 0 Å². The lowest BCUT2D eigenvalue weighted by Gasteiger charge is -2.24. The van der Waals surface area contributed by atoms with E-state index in [2.05, 4.69) is 4.52 Å². The Kier molecular flexibility index (Phi) is 8.34. The van der Waals surface area contributed by atoms with Gasteiger partial charge >= 0.3 is 26.3 Å². The molecule has 0 bridgehead atoms. The smallest absolute Gasteiger partial charge is 0.387 e. The van der Waals surface area contributed by atoms with Crippen LogP contribution in [0.2, 0.25) is 0 Å². The Labute approximate surface area is 203 Å². The molecule has 2 heterocycles. The summed E-state index contributed by atoms with van der Waals surface area (Å²) in [6, 6.07) is 3.54. The lowest BCUT2D eigenvalue weighted by molar-refractivity contribution is -0.0551. The number of halogens is 4. The summed E-state index contributed by atoms with van der Waals surface area (Å²) in [4.78, 5) is 51.6. The van der Waals surface area contributed by atoms with Crippen LogP contribution >= 0.6 is 15.2 Å². The number of aryl methyl sites for hydroxylation is 1. The summed E-state index contributed by atoms with van der Waals surface area (Å²) in [5, 5.41) is 14.9. The summed E-state index contributed by atoms with van der Waals surface area (Å²) >= 11 is 0. The summed E-state index contributed by atoms with van der Waals surface area (Å²) in [5.74, 6) is -1.76. The standard InChI is InChI=1S/C18H20F4N2O11P2/c19-10-2-1-9(11(20)7-10)3-5-23-13(25)4-6-24(17(23)28)16-15(27)14(26)12(35-16)8-34-37(32,33)18(21,22)36(29,30)31/h1-2,4,6-7,12,14-16,26-27H,3,5,8H2,(H,32,33)(H2,29,30,31)/t12-,14+,15?,16-/m1/s1. The fourth-order valence-electron chi connectivity index (χ4n) is 3.40. The van der Waals surface area contributed by atoms with Crippen LogP contribution in [0.15, 0.2) is 40.1 Å². The van der Waals surface area contributed by atoms with Crippen LogP contribution in [0.5, 0.6) is 0 Å². The number of hydrogen-bond acceptors (Lipinski definition) is 8. The van der Waals surface area contributed by atoms with Gasteiger partial charge in [0.15, 0.2) is 6.23 Å². The van der Waals surface area contributed by atoms with Crippen molar-refractivity contribution in [2.75, 3.05) is 6.61 Å². The number of ether oxygens (including phenoxy) is 1. The maximum absolute atomic E-state index is 13.9. The van der Waals surface area contributed by atoms with E-state index in [4.69, 9.17) is 14.5 Å². The fourth-order valence-corrected chi connectivity index (χ4v) is 5.40. The van der Waals surface area contributed by atoms with Gasteiger partial charge in [0.2, 0.25) is 0 Å². The van der Waals surface area contributed by atoms with Gasteiger partial charge in [-0.05, 0) is 18.1 Å². The van der Waals surface area contributed by atoms with Crippen LogP contribution in [-0.2, 0) is 31.4 Å². The first-order valence-corrected chi connectivity index (χ1v) is 13.4. The van der Waals surface area contributed by atoms with Crippen LogP contribution in [-0.4, -0.2) is 64.4 Å². The van der Waals surface area contributed by atoms with Gasteiger partial charge in [-0.3, -0.25) is 23.1 Å². The molecule has 1 aromatic heterocycles. The monoisotopic (exact) mass is 578 g/mol. The third-order valence-corrected chi connectivity index (χ3v) is 8.85. The van der Waals surface area contributed by atoms with Crippen molar-refractivity contribution in [3.8, 4) is 0 Å². The summed E-state index contributed by atoms with van der Waals surface area (Å²) in [7, 11) is -12.7. The van der Waals surface area contributed by atoms with Gasteiger partial charge in [-0.15, -0.1) is 0 Å². The van der Waals surface area contributed by atoms with Gasteiger partial charge in [-0.2, -0.15) is 8.78 Å². The first-order chi connectivity index (χ1) is 17.0. The van der Waals surface area contributed by atoms with Crippen molar-refractivity contribution in [3.63, 3.8) is 0 Å². The zero-order valence-corrected chi connectivity index (χ0v) is 20.1. The second kappa shape index (κ2) is 10.5. The number of aliphatic hydroxyl groups excluding tert-OH is 2. The molecule has 0 amide bonds. The van der Waals surface area contributed by atoms with Gasteiger partial charge in [0.1, 0.15) is 29.9 Å². The third-order valence-electron chi connectivity index (χ3n) is 5.43. The number of aromatic nitrogens is 2. The highest BCUT2D eigenvalue weighted by Gasteiger charge is 2.65. The fraction of sp³-hybridized carbons (Fsp3) is 0.444. The van der Waals surface area contributed by atoms with Crippen LogP contribution in [0.1, 0.15) is 11.8 Å². The molecule has 37 heavy (non-hydrogen) atoms. The van der Waals surface area contributed by atoms with Crippen molar-refractivity contribution in [3.05, 3.63) is 68.5 Å². The van der Waals surface area contributed by atoms with E-state index in [0.29, 0.717) is 15.2 Å². The summed E-state index contributed by atoms with van der Waals surface area (Å²) in [5.41, 5.74) is -1.99. The molecule has 5 N–H and O–H groups in total. The predicted octanol–water partition coefficient (Wildman–Crippen LogP) is 0.0801. The Hall–Kier alpha value is -2.20. The number of rotatable bonds is 9. The maximum Gasteiger partial charge on any atom is 0.443 e. The van der Waals surface area contributed by atoms with E-state index in [1.54, 1.807) is 0 Å². The predicted molar refractivity (Wildman–Crippen MR) is 114 cm³/mol. The molecule has 1 aliphatic heterocycles. The van der Waals surface area contributed by atoms with Crippen LogP contribution in [0.3, 0.4) is 0 Å². The first-order valence-electron chi connectivity index (χ1n) is 10.2. The Balaban J connectivity index is 1.79. The number of aliphatic hydroxyl groups is 2. The van der Waals surface area contributed by atoms with Crippen molar-refractivity contribution >= 4 is 15.2 Å². The minimum Gasteiger partial charge on any atom is -0.387 e. The van der Waals surface area contributed by atoms with E-state index >= 15 is 0 Å². The van der Waals surface area contributed by atoms with Crippen molar-refractivity contribution in [1.29, 1.82) is 0 Å². The van der Waals surface area contributed by atoms with Crippen molar-refractivity contribution < 1.29 is 60.8 Å². The molecule has 0 radical (unpaired) electrons. The van der Waals surface area contributed by atoms with Gasteiger partial charge in [0, 0.05) is 24.9 Å². The molecule has 19 heteroatoms. The number of alkyl halides is 2. The molecular formula is C18H20F4N2O11P2. The molecule has 0 spiro atoms. The molecule has 206 valence electrons. The molecule has 2 aromatic rings. The SMILES string of the molecule is O=c1ccn([C@@H]2O[C@H](COP(=O)(O)C(F)(F)P(=O)(O)O)[C@H](O)C2O)c(=O)n1CCc1ccc(F)cc1F. The van der Waals surface area contributed by atoms with Gasteiger partial charge in [0.05, 0.1) is 6.61 Å². The minimum atomic E-state index is -6.43. The highest BCUT2D eigenvalue weighted by atomic mass is 31.2. The van der Waals surface area contributed by atoms with Crippen molar-refractivity contribution in [2.24, 2.45) is 0 Å². The summed E-state index contributed by atoms with van der Waals surface area (Å²) < 4.78 is 87.2. The zero-order valence-electron chi connectivity index (χ0n) is 18.3. The summed E-state index contributed by atoms with van der Waals surface area (Å²) in [6.45, 7) is -1.76. The molecule has 2 unspecified atom stereocenters. The van der Waals surface area contributed by atoms with E-state index in [0.717, 1.165) is 24.4 Å². The molecule has 1 aromatic carbocycles. The normalized spacial score (nSPS) is 24.2. The van der Waals surface area contributed by atoms with Gasteiger partial charge in [-0.25, -0.2) is 13.6 Å². The van der Waals surface area contributed by atoms with Crippen LogP contribution in [0.25, 0.3) is 0 Å². The highest BCUT2D eigenvalue weighted by molar-refractivity contribution is 7.72. The Morgan fingerprint density at radius 3 is 2.30 bits per heavy atom. The topological polar surface area (TPSA) is 198 Å². The van der Waals surface area contributed by atoms with Crippen LogP contribution in [0.4, 0.5) is 17.6 Å². The van der Waals surface area contributed by atoms with Gasteiger partial charge in [-0.1, -0.05) is 6.07 Å². The lowest BCUT2D eigenvalue weighted by atomic mass is 10.1. The van der Waals surface area contributed by atoms with E-state index in [-0.39, 0.29) is 12.0 Å². The van der Waals surface area contributed by atoms with Crippen LogP contribution in [0, 0.1) is 11.6 Å². The van der Waals surface area contributed by atoms with E-state index < -0.39 is 81.2 Å². The van der Waals surface area contributed by atoms with Crippen molar-refractivity contribution in [2.45, 2.75) is 42.9 Å². The van der Waals surface area contributed by atoms with Crippen LogP contribution < -0.4 is 11.2 Å². The second-order valence-corrected chi connectivity index (χ2v) is 11.8. The van der Waals surface area contributed by atoms with E-state index in [9.17, 15) is 51.4 Å². The van der Waals surface area contributed by atoms with Gasteiger partial charge < -0.3 is 34.2 Å².